The molecule has 0 spiro atoms. The summed E-state index contributed by atoms with van der Waals surface area (Å²) in [6, 6.07) is 9.24. The molecular formula is C21H24F3N3O2S. The van der Waals surface area contributed by atoms with Crippen LogP contribution >= 0.6 is 11.8 Å². The van der Waals surface area contributed by atoms with Gasteiger partial charge in [0.1, 0.15) is 5.82 Å². The molecule has 0 unspecified atom stereocenters. The summed E-state index contributed by atoms with van der Waals surface area (Å²) in [5, 5.41) is 10.8. The normalized spacial score (nSPS) is 21.7. The number of halogens is 3. The van der Waals surface area contributed by atoms with Crippen molar-refractivity contribution in [3.05, 3.63) is 53.2 Å². The second kappa shape index (κ2) is 8.11. The predicted molar refractivity (Wildman–Crippen MR) is 113 cm³/mol. The van der Waals surface area contributed by atoms with Crippen LogP contribution < -0.4 is 9.80 Å². The van der Waals surface area contributed by atoms with E-state index in [2.05, 4.69) is 4.98 Å². The Hall–Kier alpha value is -2.26. The monoisotopic (exact) mass is 439 g/mol. The predicted octanol–water partition coefficient (Wildman–Crippen LogP) is 4.01. The zero-order chi connectivity index (χ0) is 22.3. The van der Waals surface area contributed by atoms with E-state index in [-0.39, 0.29) is 24.5 Å². The number of thioether (sulfide) groups is 1. The van der Waals surface area contributed by atoms with Crippen molar-refractivity contribution in [1.29, 1.82) is 0 Å². The molecular weight excluding hydrogens is 415 g/mol. The molecule has 0 aliphatic carbocycles. The van der Waals surface area contributed by atoms with E-state index in [1.807, 2.05) is 25.1 Å². The highest BCUT2D eigenvalue weighted by molar-refractivity contribution is 8.00. The highest BCUT2D eigenvalue weighted by atomic mass is 32.2. The van der Waals surface area contributed by atoms with Crippen LogP contribution in [-0.4, -0.2) is 46.8 Å². The second-order valence-corrected chi connectivity index (χ2v) is 8.44. The second-order valence-electron chi connectivity index (χ2n) is 7.41. The number of carbonyl (C=O) groups is 1. The van der Waals surface area contributed by atoms with E-state index in [1.54, 1.807) is 19.4 Å². The molecule has 1 aromatic heterocycles. The van der Waals surface area contributed by atoms with Gasteiger partial charge in [0.25, 0.3) is 5.91 Å². The topological polar surface area (TPSA) is 56.7 Å². The molecule has 0 radical (unpaired) electrons. The van der Waals surface area contributed by atoms with E-state index in [0.29, 0.717) is 5.69 Å². The first-order valence-corrected chi connectivity index (χ1v) is 10.6. The molecule has 2 atom stereocenters. The smallest absolute Gasteiger partial charge is 0.389 e. The Bertz CT molecular complexity index is 953. The van der Waals surface area contributed by atoms with Crippen LogP contribution in [0.4, 0.5) is 24.7 Å². The van der Waals surface area contributed by atoms with Gasteiger partial charge < -0.3 is 14.9 Å². The van der Waals surface area contributed by atoms with Crippen molar-refractivity contribution in [2.75, 3.05) is 29.6 Å². The minimum absolute atomic E-state index is 0.0271. The molecule has 3 rings (SSSR count). The Kier molecular flexibility index (Phi) is 6.06. The summed E-state index contributed by atoms with van der Waals surface area (Å²) in [7, 11) is 1.60. The average Bonchev–Trinajstić information content (AvgIpc) is 3.02. The number of carbonyl (C=O) groups excluding carboxylic acids is 1. The van der Waals surface area contributed by atoms with E-state index in [1.165, 1.54) is 16.7 Å². The summed E-state index contributed by atoms with van der Waals surface area (Å²) in [5.74, 6) is -0.387. The summed E-state index contributed by atoms with van der Waals surface area (Å²) in [6.07, 6.45) is -3.69. The largest absolute Gasteiger partial charge is 0.416 e. The van der Waals surface area contributed by atoms with Crippen LogP contribution in [0.5, 0.6) is 0 Å². The fourth-order valence-corrected chi connectivity index (χ4v) is 4.92. The van der Waals surface area contributed by atoms with Gasteiger partial charge in [-0.1, -0.05) is 12.1 Å². The number of pyridine rings is 1. The molecule has 162 valence electrons. The van der Waals surface area contributed by atoms with Crippen molar-refractivity contribution in [2.24, 2.45) is 0 Å². The lowest BCUT2D eigenvalue weighted by atomic mass is 10.1. The van der Waals surface area contributed by atoms with Crippen molar-refractivity contribution < 1.29 is 23.1 Å². The molecule has 1 aliphatic heterocycles. The highest BCUT2D eigenvalue weighted by Crippen LogP contribution is 2.44. The third kappa shape index (κ3) is 3.88. The van der Waals surface area contributed by atoms with Gasteiger partial charge in [-0.05, 0) is 56.4 Å². The lowest BCUT2D eigenvalue weighted by Crippen LogP contribution is -2.59. The van der Waals surface area contributed by atoms with Gasteiger partial charge in [-0.25, -0.2) is 4.98 Å². The maximum Gasteiger partial charge on any atom is 0.416 e. The molecule has 30 heavy (non-hydrogen) atoms. The number of nitrogens with zero attached hydrogens (tertiary/aromatic N) is 3. The van der Waals surface area contributed by atoms with Crippen molar-refractivity contribution in [3.8, 4) is 0 Å². The Labute approximate surface area is 177 Å². The SMILES string of the molecule is CS[C@@]1(C(=O)N(C)c2cccc(C)c2)[C@@H](O)CCN1c1cc(C(F)(F)F)cc(C)n1. The minimum atomic E-state index is -4.54. The van der Waals surface area contributed by atoms with E-state index < -0.39 is 28.6 Å². The number of aliphatic hydroxyl groups is 1. The van der Waals surface area contributed by atoms with E-state index in [0.717, 1.165) is 29.5 Å². The number of aromatic nitrogens is 1. The van der Waals surface area contributed by atoms with Crippen molar-refractivity contribution >= 4 is 29.2 Å². The number of aryl methyl sites for hydroxylation is 2. The van der Waals surface area contributed by atoms with Gasteiger partial charge in [-0.15, -0.1) is 11.8 Å². The first-order valence-electron chi connectivity index (χ1n) is 9.42. The number of likely N-dealkylation sites (N-methyl/N-ethyl adjacent to an activating group) is 1. The molecule has 2 heterocycles. The van der Waals surface area contributed by atoms with Crippen molar-refractivity contribution in [3.63, 3.8) is 0 Å². The Morgan fingerprint density at radius 2 is 2.00 bits per heavy atom. The van der Waals surface area contributed by atoms with Gasteiger partial charge in [-0.2, -0.15) is 13.2 Å². The third-order valence-corrected chi connectivity index (χ3v) is 6.62. The highest BCUT2D eigenvalue weighted by Gasteiger charge is 2.56. The Morgan fingerprint density at radius 1 is 1.30 bits per heavy atom. The molecule has 9 heteroatoms. The van der Waals surface area contributed by atoms with Crippen LogP contribution in [0.25, 0.3) is 0 Å². The number of hydrogen-bond acceptors (Lipinski definition) is 5. The lowest BCUT2D eigenvalue weighted by molar-refractivity contribution is -0.137. The Morgan fingerprint density at radius 3 is 2.60 bits per heavy atom. The molecule has 2 aromatic rings. The first-order chi connectivity index (χ1) is 14.0. The van der Waals surface area contributed by atoms with Crippen LogP contribution in [0.2, 0.25) is 0 Å². The molecule has 1 aromatic carbocycles. The van der Waals surface area contributed by atoms with Gasteiger partial charge in [-0.3, -0.25) is 4.79 Å². The van der Waals surface area contributed by atoms with E-state index >= 15 is 0 Å². The number of anilines is 2. The van der Waals surface area contributed by atoms with Crippen LogP contribution in [0.3, 0.4) is 0 Å². The molecule has 1 N–H and O–H groups in total. The number of hydrogen-bond donors (Lipinski definition) is 1. The van der Waals surface area contributed by atoms with Crippen LogP contribution in [0, 0.1) is 13.8 Å². The summed E-state index contributed by atoms with van der Waals surface area (Å²) < 4.78 is 40.1. The number of amides is 1. The fourth-order valence-electron chi connectivity index (χ4n) is 3.82. The lowest BCUT2D eigenvalue weighted by Gasteiger charge is -2.41. The first kappa shape index (κ1) is 22.4. The molecule has 1 saturated heterocycles. The minimum Gasteiger partial charge on any atom is -0.389 e. The summed E-state index contributed by atoms with van der Waals surface area (Å²) in [6.45, 7) is 3.59. The van der Waals surface area contributed by atoms with E-state index in [4.69, 9.17) is 0 Å². The number of benzene rings is 1. The zero-order valence-electron chi connectivity index (χ0n) is 17.2. The molecule has 1 amide bonds. The summed E-state index contributed by atoms with van der Waals surface area (Å²) >= 11 is 1.11. The molecule has 1 fully saturated rings. The maximum absolute atomic E-state index is 13.6. The molecule has 5 nitrogen and oxygen atoms in total. The average molecular weight is 440 g/mol. The van der Waals surface area contributed by atoms with Crippen molar-refractivity contribution in [2.45, 2.75) is 37.4 Å². The quantitative estimate of drug-likeness (QED) is 0.780. The van der Waals surface area contributed by atoms with Crippen LogP contribution in [0.15, 0.2) is 36.4 Å². The number of aliphatic hydroxyl groups excluding tert-OH is 1. The number of alkyl halides is 3. The standard InChI is InChI=1S/C21H24F3N3O2S/c1-13-6-5-7-16(10-13)26(3)19(29)20(30-4)17(28)8-9-27(20)18-12-15(21(22,23)24)11-14(2)25-18/h5-7,10-12,17,28H,8-9H2,1-4H3/t17-,20+/m0/s1. The fraction of sp³-hybridized carbons (Fsp3) is 0.429. The van der Waals surface area contributed by atoms with Gasteiger partial charge in [0.15, 0.2) is 4.87 Å². The summed E-state index contributed by atoms with van der Waals surface area (Å²) in [4.78, 5) is 19.3. The third-order valence-electron chi connectivity index (χ3n) is 5.33. The zero-order valence-corrected chi connectivity index (χ0v) is 18.0. The van der Waals surface area contributed by atoms with Crippen LogP contribution in [0.1, 0.15) is 23.2 Å². The van der Waals surface area contributed by atoms with Gasteiger partial charge in [0.2, 0.25) is 0 Å². The van der Waals surface area contributed by atoms with Gasteiger partial charge >= 0.3 is 6.18 Å². The maximum atomic E-state index is 13.6. The van der Waals surface area contributed by atoms with E-state index in [9.17, 15) is 23.1 Å². The summed E-state index contributed by atoms with van der Waals surface area (Å²) in [5.41, 5.74) is 0.960. The van der Waals surface area contributed by atoms with Crippen LogP contribution in [-0.2, 0) is 11.0 Å². The molecule has 0 saturated carbocycles. The van der Waals surface area contributed by atoms with Gasteiger partial charge in [0, 0.05) is 25.0 Å². The van der Waals surface area contributed by atoms with Crippen molar-refractivity contribution in [1.82, 2.24) is 4.98 Å². The molecule has 0 bridgehead atoms. The number of rotatable bonds is 4. The van der Waals surface area contributed by atoms with Gasteiger partial charge in [0.05, 0.1) is 11.7 Å². The Balaban J connectivity index is 2.08. The molecule has 1 aliphatic rings.